The summed E-state index contributed by atoms with van der Waals surface area (Å²) in [6.07, 6.45) is -2.29. The molecule has 22 heavy (non-hydrogen) atoms. The molecule has 2 atom stereocenters. The van der Waals surface area contributed by atoms with Crippen molar-refractivity contribution in [3.63, 3.8) is 0 Å². The minimum atomic E-state index is -2.99. The quantitative estimate of drug-likeness (QED) is 0.861. The number of carbonyl (C=O) groups is 1. The van der Waals surface area contributed by atoms with Crippen LogP contribution < -0.4 is 9.47 Å². The van der Waals surface area contributed by atoms with E-state index in [4.69, 9.17) is 9.47 Å². The maximum atomic E-state index is 12.9. The Hall–Kier alpha value is -1.85. The number of carbonyl (C=O) groups excluding carboxylic acids is 1. The fraction of sp³-hybridized carbons (Fsp3) is 0.562. The summed E-state index contributed by atoms with van der Waals surface area (Å²) in [5, 5.41) is 0. The lowest BCUT2D eigenvalue weighted by molar-refractivity contribution is -0.145. The Morgan fingerprint density at radius 2 is 1.82 bits per heavy atom. The molecule has 0 spiro atoms. The van der Waals surface area contributed by atoms with Gasteiger partial charge in [0.05, 0.1) is 20.3 Å². The van der Waals surface area contributed by atoms with Crippen LogP contribution in [-0.4, -0.2) is 38.0 Å². The van der Waals surface area contributed by atoms with Crippen LogP contribution in [0.4, 0.5) is 8.78 Å². The number of amides is 1. The molecule has 1 aliphatic rings. The average molecular weight is 313 g/mol. The van der Waals surface area contributed by atoms with Crippen molar-refractivity contribution in [1.82, 2.24) is 4.90 Å². The summed E-state index contributed by atoms with van der Waals surface area (Å²) in [7, 11) is 3.08. The average Bonchev–Trinajstić information content (AvgIpc) is 2.61. The highest BCUT2D eigenvalue weighted by atomic mass is 19.3. The van der Waals surface area contributed by atoms with Gasteiger partial charge in [-0.15, -0.1) is 0 Å². The minimum Gasteiger partial charge on any atom is -0.493 e. The van der Waals surface area contributed by atoms with Crippen molar-refractivity contribution in [3.8, 4) is 11.5 Å². The summed E-state index contributed by atoms with van der Waals surface area (Å²) in [6, 6.07) is 3.22. The summed E-state index contributed by atoms with van der Waals surface area (Å²) in [6.45, 7) is 4.02. The third kappa shape index (κ3) is 3.00. The topological polar surface area (TPSA) is 38.8 Å². The van der Waals surface area contributed by atoms with E-state index in [0.717, 1.165) is 11.1 Å². The Labute approximate surface area is 129 Å². The van der Waals surface area contributed by atoms with E-state index in [1.54, 1.807) is 20.1 Å². The van der Waals surface area contributed by atoms with Crippen LogP contribution in [-0.2, 0) is 11.2 Å². The first-order valence-electron chi connectivity index (χ1n) is 7.22. The zero-order valence-corrected chi connectivity index (χ0v) is 13.2. The molecule has 1 aromatic rings. The van der Waals surface area contributed by atoms with Crippen molar-refractivity contribution in [2.24, 2.45) is 5.92 Å². The second-order valence-corrected chi connectivity index (χ2v) is 5.68. The zero-order chi connectivity index (χ0) is 16.4. The molecule has 1 aliphatic heterocycles. The van der Waals surface area contributed by atoms with Gasteiger partial charge in [-0.2, -0.15) is 8.78 Å². The number of halogens is 2. The Kier molecular flexibility index (Phi) is 4.88. The zero-order valence-electron chi connectivity index (χ0n) is 13.2. The van der Waals surface area contributed by atoms with Gasteiger partial charge in [-0.3, -0.25) is 4.79 Å². The van der Waals surface area contributed by atoms with Crippen molar-refractivity contribution in [1.29, 1.82) is 0 Å². The van der Waals surface area contributed by atoms with Crippen molar-refractivity contribution >= 4 is 5.91 Å². The fourth-order valence-corrected chi connectivity index (χ4v) is 3.01. The predicted molar refractivity (Wildman–Crippen MR) is 78.5 cm³/mol. The minimum absolute atomic E-state index is 0.0875. The van der Waals surface area contributed by atoms with Crippen molar-refractivity contribution in [3.05, 3.63) is 23.3 Å². The van der Waals surface area contributed by atoms with Crippen LogP contribution in [0.2, 0.25) is 0 Å². The first-order valence-corrected chi connectivity index (χ1v) is 7.22. The third-order valence-electron chi connectivity index (χ3n) is 4.11. The maximum Gasteiger partial charge on any atom is 0.315 e. The second kappa shape index (κ2) is 6.50. The second-order valence-electron chi connectivity index (χ2n) is 5.68. The molecule has 6 heteroatoms. The lowest BCUT2D eigenvalue weighted by Gasteiger charge is -2.29. The lowest BCUT2D eigenvalue weighted by Crippen LogP contribution is -2.39. The van der Waals surface area contributed by atoms with Crippen LogP contribution in [0.25, 0.3) is 0 Å². The van der Waals surface area contributed by atoms with Crippen molar-refractivity contribution < 1.29 is 23.0 Å². The molecule has 0 bridgehead atoms. The van der Waals surface area contributed by atoms with Gasteiger partial charge in [0, 0.05) is 6.54 Å². The number of hydrogen-bond acceptors (Lipinski definition) is 3. The van der Waals surface area contributed by atoms with Gasteiger partial charge in [0.2, 0.25) is 0 Å². The highest BCUT2D eigenvalue weighted by molar-refractivity contribution is 5.80. The van der Waals surface area contributed by atoms with E-state index in [1.807, 2.05) is 13.0 Å². The van der Waals surface area contributed by atoms with Crippen LogP contribution >= 0.6 is 0 Å². The molecule has 0 fully saturated rings. The van der Waals surface area contributed by atoms with E-state index in [0.29, 0.717) is 24.5 Å². The van der Waals surface area contributed by atoms with E-state index >= 15 is 0 Å². The van der Waals surface area contributed by atoms with E-state index in [2.05, 4.69) is 0 Å². The Bertz CT molecular complexity index is 563. The lowest BCUT2D eigenvalue weighted by atomic mass is 9.95. The summed E-state index contributed by atoms with van der Waals surface area (Å²) in [5.74, 6) is 0.105. The molecule has 0 N–H and O–H groups in total. The van der Waals surface area contributed by atoms with Gasteiger partial charge < -0.3 is 14.4 Å². The fourth-order valence-electron chi connectivity index (χ4n) is 3.01. The maximum absolute atomic E-state index is 12.9. The molecular weight excluding hydrogens is 292 g/mol. The molecule has 1 heterocycles. The standard InChI is InChI=1S/C16H21F2NO3/c1-9-5-11-6-13(21-3)14(22-4)7-12(11)10(2)19(8-9)16(20)15(17)18/h6-7,9-10,15H,5,8H2,1-4H3/t9-,10-/m1/s1. The Balaban J connectivity index is 2.50. The summed E-state index contributed by atoms with van der Waals surface area (Å²) < 4.78 is 36.3. The molecule has 122 valence electrons. The molecule has 0 aromatic heterocycles. The predicted octanol–water partition coefficient (Wildman–Crippen LogP) is 3.05. The molecule has 0 saturated carbocycles. The Morgan fingerprint density at radius 3 is 2.36 bits per heavy atom. The molecule has 4 nitrogen and oxygen atoms in total. The van der Waals surface area contributed by atoms with Crippen LogP contribution in [0, 0.1) is 5.92 Å². The van der Waals surface area contributed by atoms with E-state index < -0.39 is 18.4 Å². The summed E-state index contributed by atoms with van der Waals surface area (Å²) in [4.78, 5) is 13.1. The number of hydrogen-bond donors (Lipinski definition) is 0. The van der Waals surface area contributed by atoms with Gasteiger partial charge in [0.1, 0.15) is 0 Å². The van der Waals surface area contributed by atoms with E-state index in [9.17, 15) is 13.6 Å². The van der Waals surface area contributed by atoms with E-state index in [-0.39, 0.29) is 5.92 Å². The molecule has 1 amide bonds. The SMILES string of the molecule is COc1cc2c(cc1OC)[C@@H](C)N(C(=O)C(F)F)C[C@H](C)C2. The number of fused-ring (bicyclic) bond motifs is 1. The number of nitrogens with zero attached hydrogens (tertiary/aromatic N) is 1. The molecule has 0 aliphatic carbocycles. The van der Waals surface area contributed by atoms with Crippen LogP contribution in [0.1, 0.15) is 31.0 Å². The molecular formula is C16H21F2NO3. The summed E-state index contributed by atoms with van der Waals surface area (Å²) >= 11 is 0. The normalized spacial score (nSPS) is 21.3. The molecule has 2 rings (SSSR count). The van der Waals surface area contributed by atoms with Gasteiger partial charge in [0.25, 0.3) is 5.91 Å². The first kappa shape index (κ1) is 16.5. The van der Waals surface area contributed by atoms with Crippen molar-refractivity contribution in [2.75, 3.05) is 20.8 Å². The van der Waals surface area contributed by atoms with Crippen molar-refractivity contribution in [2.45, 2.75) is 32.7 Å². The van der Waals surface area contributed by atoms with E-state index in [1.165, 1.54) is 12.0 Å². The first-order chi connectivity index (χ1) is 10.4. The van der Waals surface area contributed by atoms with Gasteiger partial charge in [0.15, 0.2) is 11.5 Å². The van der Waals surface area contributed by atoms with Gasteiger partial charge in [-0.25, -0.2) is 0 Å². The highest BCUT2D eigenvalue weighted by Crippen LogP contribution is 2.38. The molecule has 0 radical (unpaired) electrons. The number of ether oxygens (including phenoxy) is 2. The van der Waals surface area contributed by atoms with Gasteiger partial charge >= 0.3 is 6.43 Å². The smallest absolute Gasteiger partial charge is 0.315 e. The van der Waals surface area contributed by atoms with Gasteiger partial charge in [-0.05, 0) is 42.5 Å². The summed E-state index contributed by atoms with van der Waals surface area (Å²) in [5.41, 5.74) is 1.83. The number of rotatable bonds is 3. The third-order valence-corrected chi connectivity index (χ3v) is 4.11. The number of benzene rings is 1. The van der Waals surface area contributed by atoms with Gasteiger partial charge in [-0.1, -0.05) is 6.92 Å². The van der Waals surface area contributed by atoms with Crippen LogP contribution in [0.5, 0.6) is 11.5 Å². The monoisotopic (exact) mass is 313 g/mol. The number of alkyl halides is 2. The number of methoxy groups -OCH3 is 2. The molecule has 1 aromatic carbocycles. The largest absolute Gasteiger partial charge is 0.493 e. The molecule has 0 unspecified atom stereocenters. The highest BCUT2D eigenvalue weighted by Gasteiger charge is 2.33. The molecule has 0 saturated heterocycles. The van der Waals surface area contributed by atoms with Crippen LogP contribution in [0.3, 0.4) is 0 Å². The Morgan fingerprint density at radius 1 is 1.23 bits per heavy atom. The van der Waals surface area contributed by atoms with Crippen LogP contribution in [0.15, 0.2) is 12.1 Å².